The van der Waals surface area contributed by atoms with Gasteiger partial charge in [-0.25, -0.2) is 4.79 Å². The summed E-state index contributed by atoms with van der Waals surface area (Å²) >= 11 is 0. The summed E-state index contributed by atoms with van der Waals surface area (Å²) in [6.45, 7) is 12.8. The van der Waals surface area contributed by atoms with Gasteiger partial charge in [0.15, 0.2) is 0 Å². The average Bonchev–Trinajstić information content (AvgIpc) is 3.59. The van der Waals surface area contributed by atoms with Crippen molar-refractivity contribution in [2.75, 3.05) is 13.2 Å². The first-order chi connectivity index (χ1) is 18.8. The number of hydrogen-bond donors (Lipinski definition) is 3. The van der Waals surface area contributed by atoms with Crippen LogP contribution < -0.4 is 16.4 Å². The van der Waals surface area contributed by atoms with Crippen LogP contribution >= 0.6 is 0 Å². The quantitative estimate of drug-likeness (QED) is 0.296. The molecule has 40 heavy (non-hydrogen) atoms. The normalized spacial score (nSPS) is 17.5. The summed E-state index contributed by atoms with van der Waals surface area (Å²) in [7, 11) is 0. The van der Waals surface area contributed by atoms with Gasteiger partial charge in [-0.2, -0.15) is 0 Å². The number of carbonyl (C=O) groups excluding carboxylic acids is 5. The van der Waals surface area contributed by atoms with Gasteiger partial charge in [0.25, 0.3) is 0 Å². The Labute approximate surface area is 235 Å². The second-order valence-corrected chi connectivity index (χ2v) is 10.9. The lowest BCUT2D eigenvalue weighted by atomic mass is 9.99. The maximum atomic E-state index is 14.2. The van der Waals surface area contributed by atoms with Crippen LogP contribution in [0.25, 0.3) is 6.08 Å². The molecule has 4 atom stereocenters. The molecule has 1 aromatic carbocycles. The maximum Gasteiger partial charge on any atom is 0.408 e. The second-order valence-electron chi connectivity index (χ2n) is 10.9. The van der Waals surface area contributed by atoms with Gasteiger partial charge >= 0.3 is 12.1 Å². The Morgan fingerprint density at radius 3 is 2.42 bits per heavy atom. The Hall–Kier alpha value is -3.89. The summed E-state index contributed by atoms with van der Waals surface area (Å²) in [4.78, 5) is 65.4. The molecule has 0 aromatic heterocycles. The van der Waals surface area contributed by atoms with Crippen molar-refractivity contribution < 1.29 is 33.4 Å². The summed E-state index contributed by atoms with van der Waals surface area (Å²) in [6.07, 6.45) is 1.17. The number of hydrogen-bond acceptors (Lipinski definition) is 7. The highest BCUT2D eigenvalue weighted by Crippen LogP contribution is 2.41. The van der Waals surface area contributed by atoms with Gasteiger partial charge in [-0.1, -0.05) is 37.8 Å². The molecule has 4 N–H and O–H groups in total. The van der Waals surface area contributed by atoms with Crippen LogP contribution in [0.1, 0.15) is 77.5 Å². The van der Waals surface area contributed by atoms with E-state index < -0.39 is 47.5 Å². The minimum atomic E-state index is -1.17. The highest BCUT2D eigenvalue weighted by atomic mass is 16.6. The monoisotopic (exact) mass is 558 g/mol. The number of esters is 1. The van der Waals surface area contributed by atoms with Gasteiger partial charge in [0.2, 0.25) is 17.7 Å². The number of nitrogens with zero attached hydrogens (tertiary/aromatic N) is 1. The summed E-state index contributed by atoms with van der Waals surface area (Å²) < 4.78 is 10.3. The Kier molecular flexibility index (Phi) is 11.7. The molecule has 4 amide bonds. The van der Waals surface area contributed by atoms with Crippen molar-refractivity contribution in [2.24, 2.45) is 11.7 Å². The summed E-state index contributed by atoms with van der Waals surface area (Å²) in [6, 6.07) is 4.52. The third kappa shape index (κ3) is 10.0. The number of alkyl carbamates (subject to hydrolysis) is 1. The molecule has 1 fully saturated rings. The van der Waals surface area contributed by atoms with Crippen LogP contribution in [0.4, 0.5) is 4.79 Å². The third-order valence-electron chi connectivity index (χ3n) is 6.27. The predicted molar refractivity (Wildman–Crippen MR) is 150 cm³/mol. The first kappa shape index (κ1) is 32.3. The van der Waals surface area contributed by atoms with E-state index in [0.29, 0.717) is 12.0 Å². The highest BCUT2D eigenvalue weighted by molar-refractivity contribution is 5.93. The van der Waals surface area contributed by atoms with E-state index in [1.807, 2.05) is 13.0 Å². The van der Waals surface area contributed by atoms with Crippen molar-refractivity contribution in [3.05, 3.63) is 42.0 Å². The number of nitrogens with two attached hydrogens (primary N) is 1. The minimum Gasteiger partial charge on any atom is -0.466 e. The first-order valence-corrected chi connectivity index (χ1v) is 13.5. The molecule has 4 unspecified atom stereocenters. The van der Waals surface area contributed by atoms with Crippen LogP contribution in [0.15, 0.2) is 30.8 Å². The van der Waals surface area contributed by atoms with Crippen LogP contribution in [-0.4, -0.2) is 65.5 Å². The van der Waals surface area contributed by atoms with Gasteiger partial charge in [0.05, 0.1) is 13.0 Å². The van der Waals surface area contributed by atoms with Gasteiger partial charge in [0.1, 0.15) is 17.7 Å². The van der Waals surface area contributed by atoms with Gasteiger partial charge < -0.3 is 30.7 Å². The first-order valence-electron chi connectivity index (χ1n) is 13.5. The lowest BCUT2D eigenvalue weighted by Gasteiger charge is -2.35. The zero-order valence-corrected chi connectivity index (χ0v) is 24.0. The van der Waals surface area contributed by atoms with E-state index in [0.717, 1.165) is 5.56 Å². The van der Waals surface area contributed by atoms with E-state index in [-0.39, 0.29) is 44.4 Å². The van der Waals surface area contributed by atoms with Crippen molar-refractivity contribution in [2.45, 2.75) is 84.0 Å². The minimum absolute atomic E-state index is 0.0127. The van der Waals surface area contributed by atoms with Gasteiger partial charge in [-0.3, -0.25) is 19.2 Å². The van der Waals surface area contributed by atoms with Gasteiger partial charge in [-0.15, -0.1) is 0 Å². The molecule has 11 nitrogen and oxygen atoms in total. The fourth-order valence-corrected chi connectivity index (χ4v) is 4.26. The molecular formula is C29H42N4O7. The van der Waals surface area contributed by atoms with E-state index in [1.54, 1.807) is 52.0 Å². The van der Waals surface area contributed by atoms with Crippen LogP contribution in [0.5, 0.6) is 0 Å². The summed E-state index contributed by atoms with van der Waals surface area (Å²) in [5, 5.41) is 5.33. The van der Waals surface area contributed by atoms with E-state index in [1.165, 1.54) is 4.90 Å². The van der Waals surface area contributed by atoms with Crippen LogP contribution in [0.3, 0.4) is 0 Å². The number of benzene rings is 1. The van der Waals surface area contributed by atoms with Crippen LogP contribution in [-0.2, 0) is 28.7 Å². The Morgan fingerprint density at radius 2 is 1.88 bits per heavy atom. The van der Waals surface area contributed by atoms with Gasteiger partial charge in [0, 0.05) is 19.0 Å². The fraction of sp³-hybridized carbons (Fsp3) is 0.552. The Balaban J connectivity index is 2.47. The predicted octanol–water partition coefficient (Wildman–Crippen LogP) is 2.84. The number of rotatable bonds is 14. The molecule has 0 radical (unpaired) electrons. The fourth-order valence-electron chi connectivity index (χ4n) is 4.26. The van der Waals surface area contributed by atoms with Crippen molar-refractivity contribution in [3.8, 4) is 0 Å². The van der Waals surface area contributed by atoms with E-state index in [4.69, 9.17) is 15.2 Å². The molecule has 0 saturated heterocycles. The summed E-state index contributed by atoms with van der Waals surface area (Å²) in [5.74, 6) is -2.04. The third-order valence-corrected chi connectivity index (χ3v) is 6.27. The Bertz CT molecular complexity index is 1100. The number of nitrogens with one attached hydrogen (secondary N) is 2. The SMILES string of the molecule is C=Cc1cccc(C(C(=O)NCCC(=O)OCC)N(C(=O)C(CCC(N)=O)NC(=O)OC(C)(C)C)C2CC2C)c1. The molecule has 11 heteroatoms. The van der Waals surface area contributed by atoms with E-state index in [2.05, 4.69) is 17.2 Å². The van der Waals surface area contributed by atoms with Crippen molar-refractivity contribution >= 4 is 35.9 Å². The second kappa shape index (κ2) is 14.5. The van der Waals surface area contributed by atoms with E-state index in [9.17, 15) is 24.0 Å². The maximum absolute atomic E-state index is 14.2. The molecule has 0 spiro atoms. The smallest absolute Gasteiger partial charge is 0.408 e. The van der Waals surface area contributed by atoms with Crippen molar-refractivity contribution in [1.29, 1.82) is 0 Å². The number of ether oxygens (including phenoxy) is 2. The molecule has 0 heterocycles. The van der Waals surface area contributed by atoms with Crippen LogP contribution in [0, 0.1) is 5.92 Å². The van der Waals surface area contributed by atoms with Crippen molar-refractivity contribution in [1.82, 2.24) is 15.5 Å². The van der Waals surface area contributed by atoms with Crippen LogP contribution in [0.2, 0.25) is 0 Å². The molecule has 2 rings (SSSR count). The van der Waals surface area contributed by atoms with E-state index >= 15 is 0 Å². The van der Waals surface area contributed by atoms with Gasteiger partial charge in [-0.05, 0) is 63.6 Å². The molecule has 0 bridgehead atoms. The average molecular weight is 559 g/mol. The summed E-state index contributed by atoms with van der Waals surface area (Å²) in [5.41, 5.74) is 5.81. The Morgan fingerprint density at radius 1 is 1.20 bits per heavy atom. The molecule has 1 aliphatic rings. The molecule has 0 aliphatic heterocycles. The molecule has 1 saturated carbocycles. The van der Waals surface area contributed by atoms with Crippen molar-refractivity contribution in [3.63, 3.8) is 0 Å². The molecule has 1 aliphatic carbocycles. The number of primary amides is 1. The largest absolute Gasteiger partial charge is 0.466 e. The number of amides is 4. The lowest BCUT2D eigenvalue weighted by Crippen LogP contribution is -2.54. The highest BCUT2D eigenvalue weighted by Gasteiger charge is 2.48. The standard InChI is InChI=1S/C29H42N4O7/c1-7-19-10-9-11-20(17-19)25(26(36)31-15-14-24(35)39-8-2)33(22-16-18(22)3)27(37)21(12-13-23(30)34)32-28(38)40-29(4,5)6/h7,9-11,17-18,21-22,25H,1,8,12-16H2,2-6H3,(H2,30,34)(H,31,36)(H,32,38). The molecular weight excluding hydrogens is 516 g/mol. The number of carbonyl (C=O) groups is 5. The topological polar surface area (TPSA) is 157 Å². The molecule has 1 aromatic rings. The lowest BCUT2D eigenvalue weighted by molar-refractivity contribution is -0.145. The zero-order valence-electron chi connectivity index (χ0n) is 24.0. The molecule has 220 valence electrons. The zero-order chi connectivity index (χ0) is 30.0.